The smallest absolute Gasteiger partial charge is 0.407 e. The van der Waals surface area contributed by atoms with E-state index in [0.29, 0.717) is 76.3 Å². The summed E-state index contributed by atoms with van der Waals surface area (Å²) in [5.74, 6) is -8.25. The van der Waals surface area contributed by atoms with E-state index in [1.165, 1.54) is 12.0 Å². The van der Waals surface area contributed by atoms with Crippen LogP contribution in [0.25, 0.3) is 0 Å². The van der Waals surface area contributed by atoms with Gasteiger partial charge < -0.3 is 48.9 Å². The highest BCUT2D eigenvalue weighted by Crippen LogP contribution is 2.38. The van der Waals surface area contributed by atoms with Gasteiger partial charge in [-0.3, -0.25) is 19.2 Å². The Morgan fingerprint density at radius 2 is 1.62 bits per heavy atom. The number of ketones is 3. The summed E-state index contributed by atoms with van der Waals surface area (Å²) in [7, 11) is 4.53. The monoisotopic (exact) mass is 1040 g/mol. The van der Waals surface area contributed by atoms with E-state index >= 15 is 0 Å². The average molecular weight is 1050 g/mol. The zero-order valence-electron chi connectivity index (χ0n) is 45.7. The Bertz CT molecular complexity index is 1990. The predicted molar refractivity (Wildman–Crippen MR) is 280 cm³/mol. The molecule has 4 rings (SSSR count). The van der Waals surface area contributed by atoms with Gasteiger partial charge in [-0.2, -0.15) is 11.8 Å². The van der Waals surface area contributed by atoms with Gasteiger partial charge in [-0.15, -0.1) is 0 Å². The van der Waals surface area contributed by atoms with E-state index in [1.807, 2.05) is 71.3 Å². The largest absolute Gasteiger partial charge is 0.460 e. The molecule has 3 N–H and O–H groups in total. The molecule has 0 aromatic rings. The first-order chi connectivity index (χ1) is 34.6. The van der Waals surface area contributed by atoms with Crippen molar-refractivity contribution < 1.29 is 67.4 Å². The summed E-state index contributed by atoms with van der Waals surface area (Å²) < 4.78 is 35.6. The van der Waals surface area contributed by atoms with E-state index in [0.717, 1.165) is 5.57 Å². The van der Waals surface area contributed by atoms with Crippen LogP contribution < -0.4 is 5.32 Å². The molecule has 17 heteroatoms. The van der Waals surface area contributed by atoms with E-state index in [2.05, 4.69) is 5.32 Å². The van der Waals surface area contributed by atoms with Gasteiger partial charge in [0.2, 0.25) is 5.79 Å². The minimum absolute atomic E-state index is 0.00647. The van der Waals surface area contributed by atoms with Crippen molar-refractivity contribution in [1.82, 2.24) is 10.2 Å². The maximum absolute atomic E-state index is 14.6. The number of rotatable bonds is 10. The van der Waals surface area contributed by atoms with E-state index in [4.69, 9.17) is 28.4 Å². The number of carbonyl (C=O) groups is 6. The number of fused-ring (bicyclic) bond motifs is 3. The van der Waals surface area contributed by atoms with E-state index in [1.54, 1.807) is 52.8 Å². The first-order valence-corrected chi connectivity index (χ1v) is 27.8. The molecule has 2 saturated heterocycles. The van der Waals surface area contributed by atoms with Gasteiger partial charge in [0, 0.05) is 70.3 Å². The number of hydrogen-bond donors (Lipinski definition) is 3. The number of hydrogen-bond acceptors (Lipinski definition) is 15. The van der Waals surface area contributed by atoms with Crippen LogP contribution >= 0.6 is 11.8 Å². The third-order valence-corrected chi connectivity index (χ3v) is 16.6. The molecule has 1 saturated carbocycles. The average Bonchev–Trinajstić information content (AvgIpc) is 3.37. The number of nitrogens with zero attached hydrogens (tertiary/aromatic N) is 1. The SMILES string of the molecule is COC1CC2CC[C@@H](C)[C@@](O)(O2)C(=O)C(=O)N2CCCC[C@H]2C(=O)OC(C(C)CC2CC[C@@H](OC(=O)NCC(C)SC)C(OC)C2)CC(=O)C(C)/C=C(\C)[C@@H](O)C(OC)C(=O)[C@H](C)CC(C)\C=C/C=C/C=C/1C. The number of piperidine rings is 1. The fourth-order valence-electron chi connectivity index (χ4n) is 10.7. The molecular formula is C56H88N2O14S. The first-order valence-electron chi connectivity index (χ1n) is 26.5. The summed E-state index contributed by atoms with van der Waals surface area (Å²) in [6.45, 7) is 15.2. The number of methoxy groups -OCH3 is 3. The number of carbonyl (C=O) groups excluding carboxylic acids is 6. The summed E-state index contributed by atoms with van der Waals surface area (Å²) in [4.78, 5) is 85.2. The van der Waals surface area contributed by atoms with Crippen LogP contribution in [0.3, 0.4) is 0 Å². The Balaban J connectivity index is 1.67. The number of thioether (sulfide) groups is 1. The fraction of sp³-hybridized carbons (Fsp3) is 0.750. The first kappa shape index (κ1) is 61.8. The summed E-state index contributed by atoms with van der Waals surface area (Å²) >= 11 is 1.64. The number of allylic oxidation sites excluding steroid dienone is 6. The highest BCUT2D eigenvalue weighted by Gasteiger charge is 2.53. The molecule has 2 amide bonds. The number of cyclic esters (lactones) is 1. The second-order valence-electron chi connectivity index (χ2n) is 21.4. The van der Waals surface area contributed by atoms with Crippen molar-refractivity contribution in [3.05, 3.63) is 47.6 Å². The molecule has 16 nitrogen and oxygen atoms in total. The Labute approximate surface area is 439 Å². The second-order valence-corrected chi connectivity index (χ2v) is 22.7. The van der Waals surface area contributed by atoms with Crippen molar-refractivity contribution in [3.63, 3.8) is 0 Å². The topological polar surface area (TPSA) is 214 Å². The number of ether oxygens (including phenoxy) is 6. The minimum Gasteiger partial charge on any atom is -0.460 e. The molecule has 4 aliphatic rings. The zero-order chi connectivity index (χ0) is 54.2. The number of alkyl carbamates (subject to hydrolysis) is 1. The Hall–Kier alpha value is -3.71. The van der Waals surface area contributed by atoms with Gasteiger partial charge in [-0.05, 0) is 113 Å². The molecule has 0 radical (unpaired) electrons. The third kappa shape index (κ3) is 17.4. The standard InChI is InChI=1S/C56H88N2O14S/c1-33-18-14-13-15-19-34(2)46(67-9)30-42-23-21-39(7)56(66,72-42)52(62)53(63)58-25-17-16-20-43(58)54(64)70-47(31-44(59)35(3)27-38(6)50(61)51(69-11)49(60)37(5)26-33)36(4)28-41-22-24-45(48(29-41)68-10)71-55(65)57-32-40(8)73-12/h13-15,18-19,27,33,35-37,39-43,45-48,50-51,61,66H,16-17,20-26,28-32H2,1-12H3,(H,57,65)/b15-13+,18-14-,34-19+,38-27+/t33?,35?,36?,37-,39-,40?,41?,42?,43+,45-,46?,47?,48?,50-,51?,56-/m1/s1. The number of Topliss-reactive ketones (excluding diaryl/α,β-unsaturated/α-hetero) is 3. The molecule has 0 spiro atoms. The molecule has 16 atom stereocenters. The number of amides is 2. The van der Waals surface area contributed by atoms with Crippen molar-refractivity contribution >= 4 is 47.1 Å². The minimum atomic E-state index is -2.45. The van der Waals surface area contributed by atoms with Crippen LogP contribution in [0.1, 0.15) is 132 Å². The van der Waals surface area contributed by atoms with E-state index in [-0.39, 0.29) is 54.0 Å². The number of aliphatic hydroxyl groups is 2. The fourth-order valence-corrected chi connectivity index (χ4v) is 11.0. The van der Waals surface area contributed by atoms with Crippen LogP contribution in [0.15, 0.2) is 47.6 Å². The number of aliphatic hydroxyl groups excluding tert-OH is 1. The number of esters is 1. The highest BCUT2D eigenvalue weighted by molar-refractivity contribution is 7.99. The molecule has 73 heavy (non-hydrogen) atoms. The van der Waals surface area contributed by atoms with Crippen molar-refractivity contribution in [2.75, 3.05) is 40.7 Å². The Morgan fingerprint density at radius 1 is 0.890 bits per heavy atom. The van der Waals surface area contributed by atoms with Crippen LogP contribution in [-0.4, -0.2) is 151 Å². The lowest BCUT2D eigenvalue weighted by Gasteiger charge is -2.42. The van der Waals surface area contributed by atoms with Gasteiger partial charge in [0.05, 0.1) is 18.3 Å². The Kier molecular flexibility index (Phi) is 25.0. The van der Waals surface area contributed by atoms with Crippen molar-refractivity contribution in [2.24, 2.45) is 35.5 Å². The van der Waals surface area contributed by atoms with E-state index < -0.39 is 96.1 Å². The van der Waals surface area contributed by atoms with Gasteiger partial charge in [0.1, 0.15) is 36.2 Å². The Morgan fingerprint density at radius 3 is 2.29 bits per heavy atom. The molecule has 0 aromatic heterocycles. The van der Waals surface area contributed by atoms with Gasteiger partial charge in [-0.25, -0.2) is 9.59 Å². The molecular weight excluding hydrogens is 957 g/mol. The predicted octanol–water partition coefficient (Wildman–Crippen LogP) is 7.67. The van der Waals surface area contributed by atoms with Crippen LogP contribution in [-0.2, 0) is 52.4 Å². The molecule has 1 aliphatic carbocycles. The summed E-state index contributed by atoms with van der Waals surface area (Å²) in [5, 5.41) is 26.6. The van der Waals surface area contributed by atoms with Crippen LogP contribution in [0.2, 0.25) is 0 Å². The lowest BCUT2D eigenvalue weighted by molar-refractivity contribution is -0.265. The van der Waals surface area contributed by atoms with Gasteiger partial charge in [0.25, 0.3) is 11.7 Å². The van der Waals surface area contributed by atoms with Gasteiger partial charge >= 0.3 is 12.1 Å². The lowest BCUT2D eigenvalue weighted by atomic mass is 9.78. The van der Waals surface area contributed by atoms with Crippen molar-refractivity contribution in [1.29, 1.82) is 0 Å². The maximum Gasteiger partial charge on any atom is 0.407 e. The molecule has 3 fully saturated rings. The molecule has 3 aliphatic heterocycles. The molecule has 3 heterocycles. The summed E-state index contributed by atoms with van der Waals surface area (Å²) in [6, 6.07) is -1.17. The van der Waals surface area contributed by atoms with E-state index in [9.17, 15) is 39.0 Å². The molecule has 0 aromatic carbocycles. The third-order valence-electron chi connectivity index (χ3n) is 15.6. The van der Waals surface area contributed by atoms with Crippen LogP contribution in [0.5, 0.6) is 0 Å². The summed E-state index contributed by atoms with van der Waals surface area (Å²) in [5.41, 5.74) is 1.25. The quantitative estimate of drug-likeness (QED) is 0.109. The van der Waals surface area contributed by atoms with Crippen LogP contribution in [0, 0.1) is 35.5 Å². The summed E-state index contributed by atoms with van der Waals surface area (Å²) in [6.07, 6.45) is 12.3. The van der Waals surface area contributed by atoms with Crippen molar-refractivity contribution in [2.45, 2.75) is 192 Å². The maximum atomic E-state index is 14.6. The molecule has 412 valence electrons. The van der Waals surface area contributed by atoms with Gasteiger partial charge in [0.15, 0.2) is 5.78 Å². The van der Waals surface area contributed by atoms with Crippen LogP contribution in [0.4, 0.5) is 4.79 Å². The molecule has 2 bridgehead atoms. The van der Waals surface area contributed by atoms with Crippen molar-refractivity contribution in [3.8, 4) is 0 Å². The second kappa shape index (κ2) is 29.6. The van der Waals surface area contributed by atoms with Gasteiger partial charge in [-0.1, -0.05) is 78.0 Å². The normalized spacial score (nSPS) is 37.6. The zero-order valence-corrected chi connectivity index (χ0v) is 46.5. The highest BCUT2D eigenvalue weighted by atomic mass is 32.2. The number of nitrogens with one attached hydrogen (secondary N) is 1. The lowest BCUT2D eigenvalue weighted by Crippen LogP contribution is -2.61. The molecule has 10 unspecified atom stereocenters.